The van der Waals surface area contributed by atoms with Gasteiger partial charge in [0.05, 0.1) is 10.6 Å². The number of nitrogens with zero attached hydrogens (tertiary/aromatic N) is 4. The number of imidazole rings is 1. The molecule has 6 rings (SSSR count). The van der Waals surface area contributed by atoms with Gasteiger partial charge in [0.1, 0.15) is 17.0 Å². The summed E-state index contributed by atoms with van der Waals surface area (Å²) in [5.74, 6) is 2.19. The predicted molar refractivity (Wildman–Crippen MR) is 146 cm³/mol. The second-order valence-corrected chi connectivity index (χ2v) is 10.2. The number of H-pyrrole nitrogens is 1. The van der Waals surface area contributed by atoms with Crippen LogP contribution in [0.15, 0.2) is 66.8 Å². The molecule has 0 bridgehead atoms. The minimum absolute atomic E-state index is 0.146. The fourth-order valence-electron chi connectivity index (χ4n) is 5.11. The summed E-state index contributed by atoms with van der Waals surface area (Å²) < 4.78 is 2.17. The van der Waals surface area contributed by atoms with Gasteiger partial charge in [0.2, 0.25) is 0 Å². The maximum atomic E-state index is 13.0. The third kappa shape index (κ3) is 3.87. The Kier molecular flexibility index (Phi) is 5.81. The van der Waals surface area contributed by atoms with Gasteiger partial charge in [0.25, 0.3) is 5.91 Å². The van der Waals surface area contributed by atoms with Gasteiger partial charge in [-0.05, 0) is 48.9 Å². The molecule has 1 aliphatic rings. The first-order valence-electron chi connectivity index (χ1n) is 12.3. The molecule has 182 valence electrons. The van der Waals surface area contributed by atoms with Crippen LogP contribution < -0.4 is 5.32 Å². The molecule has 1 aromatic carbocycles. The molecule has 0 saturated carbocycles. The van der Waals surface area contributed by atoms with Gasteiger partial charge in [0.15, 0.2) is 5.82 Å². The van der Waals surface area contributed by atoms with Crippen molar-refractivity contribution in [2.24, 2.45) is 0 Å². The van der Waals surface area contributed by atoms with E-state index in [1.807, 2.05) is 53.9 Å². The number of fused-ring (bicyclic) bond motifs is 2. The summed E-state index contributed by atoms with van der Waals surface area (Å²) in [6.07, 6.45) is 7.39. The number of piperidine rings is 1. The standard InChI is InChI=1S/C28H28N6OS/c1-3-11-29-26-24-23(22-17-20-6-4-5-7-21(20)31-22)32-27(34(24)15-12-30-26)19-8-13-33(14-9-19)28(35)25-18(2)10-16-36-25/h3-7,10,12,15-17,19,31H,1,8-9,11,13-14H2,2H3,(H,29,30). The largest absolute Gasteiger partial charge is 0.365 e. The molecule has 1 amide bonds. The highest BCUT2D eigenvalue weighted by molar-refractivity contribution is 7.12. The molecule has 1 saturated heterocycles. The number of likely N-dealkylation sites (tertiary alicyclic amines) is 1. The van der Waals surface area contributed by atoms with Crippen LogP contribution in [0.5, 0.6) is 0 Å². The van der Waals surface area contributed by atoms with Crippen molar-refractivity contribution in [3.05, 3.63) is 83.1 Å². The first kappa shape index (κ1) is 22.5. The zero-order valence-corrected chi connectivity index (χ0v) is 21.0. The molecule has 4 aromatic heterocycles. The van der Waals surface area contributed by atoms with Crippen LogP contribution in [0.1, 0.15) is 39.8 Å². The van der Waals surface area contributed by atoms with E-state index in [1.54, 1.807) is 0 Å². The first-order chi connectivity index (χ1) is 17.6. The van der Waals surface area contributed by atoms with E-state index in [0.717, 1.165) is 75.8 Å². The molecule has 5 aromatic rings. The molecule has 1 aliphatic heterocycles. The molecule has 2 N–H and O–H groups in total. The van der Waals surface area contributed by atoms with Crippen LogP contribution in [0.2, 0.25) is 0 Å². The summed E-state index contributed by atoms with van der Waals surface area (Å²) in [4.78, 5) is 29.3. The fraction of sp³-hybridized carbons (Fsp3) is 0.250. The van der Waals surface area contributed by atoms with E-state index in [9.17, 15) is 4.79 Å². The number of carbonyl (C=O) groups excluding carboxylic acids is 1. The van der Waals surface area contributed by atoms with Crippen molar-refractivity contribution in [3.8, 4) is 11.4 Å². The number of hydrogen-bond donors (Lipinski definition) is 2. The lowest BCUT2D eigenvalue weighted by Crippen LogP contribution is -2.38. The minimum atomic E-state index is 0.146. The molecule has 1 fully saturated rings. The zero-order chi connectivity index (χ0) is 24.6. The summed E-state index contributed by atoms with van der Waals surface area (Å²) in [7, 11) is 0. The van der Waals surface area contributed by atoms with Gasteiger partial charge in [-0.25, -0.2) is 9.97 Å². The summed E-state index contributed by atoms with van der Waals surface area (Å²) in [5, 5.41) is 6.52. The third-order valence-corrected chi connectivity index (χ3v) is 7.99. The Hall–Kier alpha value is -3.91. The number of para-hydroxylation sites is 1. The molecular weight excluding hydrogens is 468 g/mol. The highest BCUT2D eigenvalue weighted by Gasteiger charge is 2.30. The number of aryl methyl sites for hydroxylation is 1. The van der Waals surface area contributed by atoms with Crippen molar-refractivity contribution in [1.29, 1.82) is 0 Å². The molecule has 0 atom stereocenters. The highest BCUT2D eigenvalue weighted by Crippen LogP contribution is 2.36. The van der Waals surface area contributed by atoms with E-state index in [1.165, 1.54) is 11.3 Å². The van der Waals surface area contributed by atoms with Crippen LogP contribution in [0.4, 0.5) is 5.82 Å². The quantitative estimate of drug-likeness (QED) is 0.288. The van der Waals surface area contributed by atoms with Gasteiger partial charge in [0, 0.05) is 48.8 Å². The molecule has 0 aliphatic carbocycles. The monoisotopic (exact) mass is 496 g/mol. The summed E-state index contributed by atoms with van der Waals surface area (Å²) in [6, 6.07) is 12.4. The lowest BCUT2D eigenvalue weighted by Gasteiger charge is -2.31. The number of hydrogen-bond acceptors (Lipinski definition) is 5. The zero-order valence-electron chi connectivity index (χ0n) is 20.2. The molecule has 36 heavy (non-hydrogen) atoms. The van der Waals surface area contributed by atoms with Crippen LogP contribution in [0.3, 0.4) is 0 Å². The van der Waals surface area contributed by atoms with Crippen LogP contribution in [0, 0.1) is 6.92 Å². The van der Waals surface area contributed by atoms with E-state index < -0.39 is 0 Å². The number of aromatic nitrogens is 4. The number of aromatic amines is 1. The highest BCUT2D eigenvalue weighted by atomic mass is 32.1. The average molecular weight is 497 g/mol. The Bertz CT molecular complexity index is 1540. The van der Waals surface area contributed by atoms with Crippen molar-refractivity contribution in [3.63, 3.8) is 0 Å². The van der Waals surface area contributed by atoms with Crippen LogP contribution >= 0.6 is 11.3 Å². The number of nitrogens with one attached hydrogen (secondary N) is 2. The number of benzene rings is 1. The van der Waals surface area contributed by atoms with Gasteiger partial charge in [-0.15, -0.1) is 17.9 Å². The molecular formula is C28H28N6OS. The topological polar surface area (TPSA) is 78.3 Å². The first-order valence-corrected chi connectivity index (χ1v) is 13.1. The van der Waals surface area contributed by atoms with Crippen LogP contribution in [-0.2, 0) is 0 Å². The van der Waals surface area contributed by atoms with Crippen molar-refractivity contribution in [2.45, 2.75) is 25.7 Å². The number of anilines is 1. The molecule has 0 radical (unpaired) electrons. The van der Waals surface area contributed by atoms with Crippen molar-refractivity contribution in [2.75, 3.05) is 25.0 Å². The fourth-order valence-corrected chi connectivity index (χ4v) is 6.01. The van der Waals surface area contributed by atoms with Crippen molar-refractivity contribution < 1.29 is 4.79 Å². The Balaban J connectivity index is 1.37. The van der Waals surface area contributed by atoms with Crippen molar-refractivity contribution >= 4 is 39.5 Å². The number of carbonyl (C=O) groups is 1. The molecule has 8 heteroatoms. The maximum absolute atomic E-state index is 13.0. The van der Waals surface area contributed by atoms with Gasteiger partial charge in [-0.1, -0.05) is 24.3 Å². The maximum Gasteiger partial charge on any atom is 0.264 e. The second-order valence-electron chi connectivity index (χ2n) is 9.25. The van der Waals surface area contributed by atoms with E-state index in [2.05, 4.69) is 44.5 Å². The molecule has 0 unspecified atom stereocenters. The van der Waals surface area contributed by atoms with Gasteiger partial charge in [-0.3, -0.25) is 9.20 Å². The number of thiophene rings is 1. The number of rotatable bonds is 6. The van der Waals surface area contributed by atoms with E-state index in [0.29, 0.717) is 6.54 Å². The second kappa shape index (κ2) is 9.28. The normalized spacial score (nSPS) is 14.5. The Labute approximate surface area is 213 Å². The van der Waals surface area contributed by atoms with E-state index >= 15 is 0 Å². The average Bonchev–Trinajstić information content (AvgIpc) is 3.63. The number of amides is 1. The Morgan fingerprint density at radius 1 is 1.28 bits per heavy atom. The lowest BCUT2D eigenvalue weighted by atomic mass is 9.95. The Morgan fingerprint density at radius 2 is 2.11 bits per heavy atom. The molecule has 7 nitrogen and oxygen atoms in total. The van der Waals surface area contributed by atoms with Gasteiger partial charge >= 0.3 is 0 Å². The van der Waals surface area contributed by atoms with Gasteiger partial charge in [-0.2, -0.15) is 0 Å². The van der Waals surface area contributed by atoms with Crippen molar-refractivity contribution in [1.82, 2.24) is 24.3 Å². The SMILES string of the molecule is C=CCNc1nccn2c(C3CCN(C(=O)c4sccc4C)CC3)nc(-c3cc4ccccc4[nH]3)c12. The molecule has 0 spiro atoms. The van der Waals surface area contributed by atoms with Crippen LogP contribution in [0.25, 0.3) is 27.8 Å². The molecule has 5 heterocycles. The lowest BCUT2D eigenvalue weighted by molar-refractivity contribution is 0.0715. The van der Waals surface area contributed by atoms with E-state index in [4.69, 9.17) is 4.98 Å². The third-order valence-electron chi connectivity index (χ3n) is 6.98. The smallest absolute Gasteiger partial charge is 0.264 e. The van der Waals surface area contributed by atoms with E-state index in [-0.39, 0.29) is 11.8 Å². The van der Waals surface area contributed by atoms with Crippen LogP contribution in [-0.4, -0.2) is 49.8 Å². The summed E-state index contributed by atoms with van der Waals surface area (Å²) >= 11 is 1.53. The summed E-state index contributed by atoms with van der Waals surface area (Å²) in [6.45, 7) is 7.91. The minimum Gasteiger partial charge on any atom is -0.365 e. The Morgan fingerprint density at radius 3 is 2.86 bits per heavy atom. The summed E-state index contributed by atoms with van der Waals surface area (Å²) in [5.41, 5.74) is 4.94. The van der Waals surface area contributed by atoms with Gasteiger partial charge < -0.3 is 15.2 Å². The predicted octanol–water partition coefficient (Wildman–Crippen LogP) is 5.87.